The van der Waals surface area contributed by atoms with Crippen LogP contribution in [-0.2, 0) is 4.79 Å². The Labute approximate surface area is 172 Å². The van der Waals surface area contributed by atoms with Gasteiger partial charge in [-0.25, -0.2) is 5.43 Å². The van der Waals surface area contributed by atoms with Crippen molar-refractivity contribution in [1.82, 2.24) is 10.4 Å². The lowest BCUT2D eigenvalue weighted by Crippen LogP contribution is -2.33. The number of aromatic nitrogens is 1. The number of pyridine rings is 1. The van der Waals surface area contributed by atoms with Crippen LogP contribution in [0.2, 0.25) is 0 Å². The first-order valence-electron chi connectivity index (χ1n) is 7.97. The van der Waals surface area contributed by atoms with Gasteiger partial charge in [-0.2, -0.15) is 5.10 Å². The quantitative estimate of drug-likeness (QED) is 0.409. The van der Waals surface area contributed by atoms with Crippen LogP contribution in [0.5, 0.6) is 11.5 Å². The number of nitrogens with zero attached hydrogens (tertiary/aromatic N) is 2. The van der Waals surface area contributed by atoms with Crippen molar-refractivity contribution in [2.45, 2.75) is 13.0 Å². The number of phenols is 1. The fourth-order valence-electron chi connectivity index (χ4n) is 2.36. The largest absolute Gasteiger partial charge is 0.506 e. The fraction of sp³-hybridized carbons (Fsp3) is 0.105. The minimum absolute atomic E-state index is 0.0299. The van der Waals surface area contributed by atoms with Crippen molar-refractivity contribution in [3.8, 4) is 11.5 Å². The number of benzene rings is 2. The first kappa shape index (κ1) is 19.3. The van der Waals surface area contributed by atoms with E-state index in [4.69, 9.17) is 4.74 Å². The van der Waals surface area contributed by atoms with Crippen molar-refractivity contribution in [2.24, 2.45) is 5.10 Å². The number of hydrogen-bond acceptors (Lipinski definition) is 5. The van der Waals surface area contributed by atoms with Gasteiger partial charge in [0, 0.05) is 21.6 Å². The summed E-state index contributed by atoms with van der Waals surface area (Å²) in [6.07, 6.45) is 2.25. The van der Waals surface area contributed by atoms with Crippen LogP contribution in [0.4, 0.5) is 0 Å². The van der Waals surface area contributed by atoms with E-state index < -0.39 is 12.0 Å². The molecule has 0 aliphatic rings. The zero-order chi connectivity index (χ0) is 19.4. The van der Waals surface area contributed by atoms with E-state index in [2.05, 4.69) is 47.4 Å². The Kier molecular flexibility index (Phi) is 6.08. The number of nitrogens with one attached hydrogen (secondary N) is 1. The van der Waals surface area contributed by atoms with Gasteiger partial charge in [-0.1, -0.05) is 34.1 Å². The highest BCUT2D eigenvalue weighted by atomic mass is 79.9. The minimum Gasteiger partial charge on any atom is -0.506 e. The number of aromatic hydroxyl groups is 1. The molecule has 27 heavy (non-hydrogen) atoms. The molecular weight excluding hydrogens is 478 g/mol. The third-order valence-corrected chi connectivity index (χ3v) is 4.77. The summed E-state index contributed by atoms with van der Waals surface area (Å²) >= 11 is 6.57. The summed E-state index contributed by atoms with van der Waals surface area (Å²) in [5, 5.41) is 14.8. The van der Waals surface area contributed by atoms with Gasteiger partial charge in [-0.3, -0.25) is 9.78 Å². The average Bonchev–Trinajstić information content (AvgIpc) is 2.65. The number of carbonyl (C=O) groups excluding carboxylic acids is 1. The van der Waals surface area contributed by atoms with E-state index in [0.29, 0.717) is 21.3 Å². The van der Waals surface area contributed by atoms with E-state index in [1.54, 1.807) is 31.3 Å². The summed E-state index contributed by atoms with van der Waals surface area (Å²) in [5.74, 6) is 0.128. The first-order valence-corrected chi connectivity index (χ1v) is 9.55. The van der Waals surface area contributed by atoms with E-state index in [1.807, 2.05) is 24.3 Å². The third kappa shape index (κ3) is 4.64. The van der Waals surface area contributed by atoms with Crippen molar-refractivity contribution in [2.75, 3.05) is 0 Å². The van der Waals surface area contributed by atoms with Crippen molar-refractivity contribution in [3.05, 3.63) is 63.2 Å². The van der Waals surface area contributed by atoms with Crippen LogP contribution in [0.1, 0.15) is 12.5 Å². The molecule has 3 rings (SSSR count). The number of rotatable bonds is 5. The number of halogens is 2. The van der Waals surface area contributed by atoms with E-state index in [0.717, 1.165) is 9.86 Å². The summed E-state index contributed by atoms with van der Waals surface area (Å²) in [4.78, 5) is 16.5. The van der Waals surface area contributed by atoms with E-state index >= 15 is 0 Å². The topological polar surface area (TPSA) is 83.8 Å². The Bertz CT molecular complexity index is 1020. The number of phenolic OH excluding ortho intramolecular Hbond substituents is 1. The van der Waals surface area contributed by atoms with Crippen molar-refractivity contribution in [3.63, 3.8) is 0 Å². The molecule has 2 N–H and O–H groups in total. The lowest BCUT2D eigenvalue weighted by Gasteiger charge is -2.14. The molecule has 1 amide bonds. The second kappa shape index (κ2) is 8.49. The van der Waals surface area contributed by atoms with Crippen LogP contribution in [0.25, 0.3) is 10.9 Å². The van der Waals surface area contributed by atoms with Crippen LogP contribution in [-0.4, -0.2) is 28.3 Å². The predicted octanol–water partition coefficient (Wildman–Crippen LogP) is 4.38. The third-order valence-electron chi connectivity index (χ3n) is 3.70. The fourth-order valence-corrected chi connectivity index (χ4v) is 3.61. The van der Waals surface area contributed by atoms with Crippen LogP contribution in [0, 0.1) is 0 Å². The predicted molar refractivity (Wildman–Crippen MR) is 111 cm³/mol. The smallest absolute Gasteiger partial charge is 0.280 e. The van der Waals surface area contributed by atoms with Gasteiger partial charge in [0.15, 0.2) is 6.10 Å². The van der Waals surface area contributed by atoms with Gasteiger partial charge in [0.25, 0.3) is 5.91 Å². The summed E-state index contributed by atoms with van der Waals surface area (Å²) in [7, 11) is 0. The zero-order valence-electron chi connectivity index (χ0n) is 14.2. The Hall–Kier alpha value is -2.45. The van der Waals surface area contributed by atoms with Crippen LogP contribution < -0.4 is 10.2 Å². The van der Waals surface area contributed by atoms with Crippen molar-refractivity contribution in [1.29, 1.82) is 0 Å². The second-order valence-electron chi connectivity index (χ2n) is 5.65. The molecule has 1 atom stereocenters. The highest BCUT2D eigenvalue weighted by Crippen LogP contribution is 2.30. The zero-order valence-corrected chi connectivity index (χ0v) is 17.4. The maximum Gasteiger partial charge on any atom is 0.280 e. The van der Waals surface area contributed by atoms with E-state index in [1.165, 1.54) is 6.21 Å². The maximum absolute atomic E-state index is 12.2. The Morgan fingerprint density at radius 1 is 1.30 bits per heavy atom. The minimum atomic E-state index is -0.780. The molecule has 8 heteroatoms. The van der Waals surface area contributed by atoms with Gasteiger partial charge in [-0.15, -0.1) is 0 Å². The molecule has 0 saturated carbocycles. The summed E-state index contributed by atoms with van der Waals surface area (Å²) in [5.41, 5.74) is 3.54. The SMILES string of the molecule is CC(Oc1cccc2cccnc12)C(=O)NN=Cc1cc(Br)cc(Br)c1O. The molecular formula is C19H15Br2N3O3. The summed E-state index contributed by atoms with van der Waals surface area (Å²) in [6, 6.07) is 12.7. The molecule has 0 fully saturated rings. The average molecular weight is 493 g/mol. The lowest BCUT2D eigenvalue weighted by molar-refractivity contribution is -0.127. The number of hydrazone groups is 1. The monoisotopic (exact) mass is 491 g/mol. The molecule has 0 aliphatic carbocycles. The summed E-state index contributed by atoms with van der Waals surface area (Å²) < 4.78 is 7.02. The number of para-hydroxylation sites is 1. The molecule has 2 aromatic carbocycles. The van der Waals surface area contributed by atoms with Gasteiger partial charge >= 0.3 is 0 Å². The van der Waals surface area contributed by atoms with Gasteiger partial charge in [0.05, 0.1) is 10.7 Å². The summed E-state index contributed by atoms with van der Waals surface area (Å²) in [6.45, 7) is 1.62. The molecule has 3 aromatic rings. The lowest BCUT2D eigenvalue weighted by atomic mass is 10.2. The number of ether oxygens (including phenoxy) is 1. The first-order chi connectivity index (χ1) is 13.0. The molecule has 0 saturated heterocycles. The van der Waals surface area contributed by atoms with Gasteiger partial charge in [0.1, 0.15) is 17.0 Å². The number of carbonyl (C=O) groups is 1. The molecule has 1 unspecified atom stereocenters. The highest BCUT2D eigenvalue weighted by molar-refractivity contribution is 9.11. The highest BCUT2D eigenvalue weighted by Gasteiger charge is 2.16. The molecule has 0 spiro atoms. The van der Waals surface area contributed by atoms with Crippen LogP contribution in [0.3, 0.4) is 0 Å². The maximum atomic E-state index is 12.2. The molecule has 0 bridgehead atoms. The molecule has 1 aromatic heterocycles. The van der Waals surface area contributed by atoms with Crippen molar-refractivity contribution >= 4 is 54.9 Å². The standard InChI is InChI=1S/C19H15Br2N3O3/c1-11(27-16-6-2-4-12-5-3-7-22-17(12)16)19(26)24-23-10-13-8-14(20)9-15(21)18(13)25/h2-11,25H,1H3,(H,24,26). The van der Waals surface area contributed by atoms with Gasteiger partial charge in [0.2, 0.25) is 0 Å². The molecule has 138 valence electrons. The Morgan fingerprint density at radius 2 is 2.07 bits per heavy atom. The molecule has 0 aliphatic heterocycles. The second-order valence-corrected chi connectivity index (χ2v) is 7.42. The Balaban J connectivity index is 1.68. The van der Waals surface area contributed by atoms with Gasteiger partial charge in [-0.05, 0) is 47.1 Å². The van der Waals surface area contributed by atoms with Crippen LogP contribution in [0.15, 0.2) is 62.7 Å². The number of fused-ring (bicyclic) bond motifs is 1. The van der Waals surface area contributed by atoms with Crippen molar-refractivity contribution < 1.29 is 14.6 Å². The molecule has 6 nitrogen and oxygen atoms in total. The van der Waals surface area contributed by atoms with Crippen LogP contribution >= 0.6 is 31.9 Å². The molecule has 1 heterocycles. The Morgan fingerprint density at radius 3 is 2.89 bits per heavy atom. The van der Waals surface area contributed by atoms with Gasteiger partial charge < -0.3 is 9.84 Å². The van der Waals surface area contributed by atoms with E-state index in [-0.39, 0.29) is 5.75 Å². The van der Waals surface area contributed by atoms with E-state index in [9.17, 15) is 9.90 Å². The normalized spacial score (nSPS) is 12.3. The molecule has 0 radical (unpaired) electrons. The number of amides is 1. The number of hydrogen-bond donors (Lipinski definition) is 2.